The number of ether oxygens (including phenoxy) is 1. The van der Waals surface area contributed by atoms with Gasteiger partial charge < -0.3 is 10.5 Å². The fourth-order valence-corrected chi connectivity index (χ4v) is 8.02. The summed E-state index contributed by atoms with van der Waals surface area (Å²) >= 11 is 0. The summed E-state index contributed by atoms with van der Waals surface area (Å²) in [4.78, 5) is 23.3. The minimum absolute atomic E-state index is 0.0176. The molecule has 0 aliphatic heterocycles. The van der Waals surface area contributed by atoms with E-state index < -0.39 is 0 Å². The normalized spacial score (nSPS) is 45.9. The Hall–Kier alpha value is -1.32. The molecule has 0 spiro atoms. The van der Waals surface area contributed by atoms with Crippen molar-refractivity contribution < 1.29 is 14.3 Å². The van der Waals surface area contributed by atoms with E-state index in [4.69, 9.17) is 10.5 Å². The van der Waals surface area contributed by atoms with Crippen molar-refractivity contribution in [1.29, 1.82) is 0 Å². The summed E-state index contributed by atoms with van der Waals surface area (Å²) in [5, 5.41) is 0. The van der Waals surface area contributed by atoms with Crippen molar-refractivity contribution in [3.63, 3.8) is 0 Å². The molecular weight excluding hydrogens is 350 g/mol. The molecule has 4 rings (SSSR count). The average molecular weight is 388 g/mol. The van der Waals surface area contributed by atoms with Crippen LogP contribution in [0.4, 0.5) is 0 Å². The molecule has 0 aromatic heterocycles. The van der Waals surface area contributed by atoms with Crippen LogP contribution >= 0.6 is 0 Å². The smallest absolute Gasteiger partial charge is 0.302 e. The van der Waals surface area contributed by atoms with Gasteiger partial charge in [-0.3, -0.25) is 9.59 Å². The van der Waals surface area contributed by atoms with Crippen LogP contribution in [0.5, 0.6) is 0 Å². The lowest BCUT2D eigenvalue weighted by Crippen LogP contribution is -2.51. The van der Waals surface area contributed by atoms with Crippen LogP contribution in [0, 0.1) is 40.4 Å². The van der Waals surface area contributed by atoms with Crippen LogP contribution in [-0.4, -0.2) is 18.0 Å². The first-order chi connectivity index (χ1) is 13.2. The number of rotatable bonds is 3. The van der Waals surface area contributed by atoms with Crippen LogP contribution < -0.4 is 5.73 Å². The van der Waals surface area contributed by atoms with Crippen molar-refractivity contribution in [2.45, 2.75) is 85.2 Å². The lowest BCUT2D eigenvalue weighted by Gasteiger charge is -2.58. The van der Waals surface area contributed by atoms with Crippen LogP contribution in [0.3, 0.4) is 0 Å². The molecule has 8 atom stereocenters. The molecule has 0 unspecified atom stereocenters. The zero-order valence-corrected chi connectivity index (χ0v) is 18.0. The van der Waals surface area contributed by atoms with Crippen molar-refractivity contribution in [1.82, 2.24) is 0 Å². The molecule has 0 radical (unpaired) electrons. The van der Waals surface area contributed by atoms with Gasteiger partial charge in [-0.2, -0.15) is 0 Å². The highest BCUT2D eigenvalue weighted by Crippen LogP contribution is 2.67. The maximum Gasteiger partial charge on any atom is 0.302 e. The zero-order chi connectivity index (χ0) is 20.3. The third kappa shape index (κ3) is 2.93. The number of hydrogen-bond acceptors (Lipinski definition) is 3. The summed E-state index contributed by atoms with van der Waals surface area (Å²) in [6, 6.07) is 0. The lowest BCUT2D eigenvalue weighted by molar-refractivity contribution is -0.148. The molecule has 0 bridgehead atoms. The van der Waals surface area contributed by atoms with Crippen LogP contribution in [0.2, 0.25) is 0 Å². The quantitative estimate of drug-likeness (QED) is 0.567. The van der Waals surface area contributed by atoms with Crippen LogP contribution in [0.25, 0.3) is 0 Å². The Labute approximate surface area is 169 Å². The fourth-order valence-electron chi connectivity index (χ4n) is 8.02. The standard InChI is InChI=1S/C24H37NO3/c1-14(22(25)27)19-7-8-20-18-6-5-16-13-17(28-15(2)26)9-11-23(16,3)21(18)10-12-24(19,20)4/h5,14,17-21H,6-13H2,1-4H3,(H2,25,27)/t14-,17+,18+,19-,20+,21+,23+,24-/m1/s1. The van der Waals surface area contributed by atoms with Gasteiger partial charge in [-0.25, -0.2) is 0 Å². The molecule has 1 amide bonds. The van der Waals surface area contributed by atoms with Crippen molar-refractivity contribution in [3.05, 3.63) is 11.6 Å². The van der Waals surface area contributed by atoms with E-state index in [0.717, 1.165) is 43.9 Å². The predicted molar refractivity (Wildman–Crippen MR) is 109 cm³/mol. The van der Waals surface area contributed by atoms with Crippen LogP contribution in [0.15, 0.2) is 11.6 Å². The number of amides is 1. The number of primary amides is 1. The van der Waals surface area contributed by atoms with E-state index in [1.54, 1.807) is 0 Å². The average Bonchev–Trinajstić information content (AvgIpc) is 2.98. The molecule has 0 aromatic rings. The minimum Gasteiger partial charge on any atom is -0.462 e. The summed E-state index contributed by atoms with van der Waals surface area (Å²) < 4.78 is 5.55. The van der Waals surface area contributed by atoms with E-state index >= 15 is 0 Å². The maximum absolute atomic E-state index is 11.9. The number of carbonyl (C=O) groups excluding carboxylic acids is 2. The van der Waals surface area contributed by atoms with E-state index in [1.807, 2.05) is 6.92 Å². The van der Waals surface area contributed by atoms with Gasteiger partial charge >= 0.3 is 5.97 Å². The zero-order valence-electron chi connectivity index (χ0n) is 18.0. The van der Waals surface area contributed by atoms with E-state index in [9.17, 15) is 9.59 Å². The van der Waals surface area contributed by atoms with E-state index in [1.165, 1.54) is 31.8 Å². The van der Waals surface area contributed by atoms with Gasteiger partial charge in [0.15, 0.2) is 0 Å². The molecule has 4 nitrogen and oxygen atoms in total. The molecule has 4 aliphatic rings. The molecule has 2 N–H and O–H groups in total. The third-order valence-corrected chi connectivity index (χ3v) is 9.52. The molecule has 0 saturated heterocycles. The molecule has 3 saturated carbocycles. The topological polar surface area (TPSA) is 69.4 Å². The Morgan fingerprint density at radius 2 is 1.89 bits per heavy atom. The molecule has 4 heteroatoms. The van der Waals surface area contributed by atoms with Crippen molar-refractivity contribution in [2.75, 3.05) is 0 Å². The lowest BCUT2D eigenvalue weighted by atomic mass is 9.47. The molecular formula is C24H37NO3. The van der Waals surface area contributed by atoms with Gasteiger partial charge in [-0.15, -0.1) is 0 Å². The number of fused-ring (bicyclic) bond motifs is 5. The van der Waals surface area contributed by atoms with Gasteiger partial charge in [-0.05, 0) is 79.4 Å². The Kier molecular flexibility index (Phi) is 4.91. The number of esters is 1. The highest BCUT2D eigenvalue weighted by atomic mass is 16.5. The fraction of sp³-hybridized carbons (Fsp3) is 0.833. The highest BCUT2D eigenvalue weighted by Gasteiger charge is 2.59. The second kappa shape index (κ2) is 6.88. The predicted octanol–water partition coefficient (Wildman–Crippen LogP) is 4.62. The van der Waals surface area contributed by atoms with Gasteiger partial charge in [0, 0.05) is 19.3 Å². The van der Waals surface area contributed by atoms with Gasteiger partial charge in [0.25, 0.3) is 0 Å². The first-order valence-electron chi connectivity index (χ1n) is 11.3. The van der Waals surface area contributed by atoms with Crippen LogP contribution in [0.1, 0.15) is 79.1 Å². The molecule has 3 fully saturated rings. The second-order valence-electron chi connectivity index (χ2n) is 10.7. The van der Waals surface area contributed by atoms with Gasteiger partial charge in [0.2, 0.25) is 5.91 Å². The van der Waals surface area contributed by atoms with E-state index in [0.29, 0.717) is 11.8 Å². The Morgan fingerprint density at radius 1 is 1.14 bits per heavy atom. The van der Waals surface area contributed by atoms with E-state index in [2.05, 4.69) is 19.9 Å². The van der Waals surface area contributed by atoms with Crippen molar-refractivity contribution in [2.24, 2.45) is 46.2 Å². The number of nitrogens with two attached hydrogens (primary N) is 1. The minimum atomic E-state index is -0.156. The monoisotopic (exact) mass is 387 g/mol. The third-order valence-electron chi connectivity index (χ3n) is 9.52. The van der Waals surface area contributed by atoms with Crippen LogP contribution in [-0.2, 0) is 14.3 Å². The van der Waals surface area contributed by atoms with Gasteiger partial charge in [-0.1, -0.05) is 32.4 Å². The molecule has 156 valence electrons. The maximum atomic E-state index is 11.9. The number of hydrogen-bond donors (Lipinski definition) is 1. The Morgan fingerprint density at radius 3 is 2.57 bits per heavy atom. The summed E-state index contributed by atoms with van der Waals surface area (Å²) in [7, 11) is 0. The second-order valence-corrected chi connectivity index (χ2v) is 10.7. The Balaban J connectivity index is 1.57. The largest absolute Gasteiger partial charge is 0.462 e. The summed E-state index contributed by atoms with van der Waals surface area (Å²) in [6.45, 7) is 8.48. The highest BCUT2D eigenvalue weighted by molar-refractivity contribution is 5.76. The molecule has 0 aromatic carbocycles. The first-order valence-corrected chi connectivity index (χ1v) is 11.3. The van der Waals surface area contributed by atoms with E-state index in [-0.39, 0.29) is 34.7 Å². The SMILES string of the molecule is CC(=O)O[C@H]1CC[C@@]2(C)C(=CC[C@H]3[C@@H]4CC[C@H]([C@@H](C)C(N)=O)[C@@]4(C)CC[C@@H]32)C1. The van der Waals surface area contributed by atoms with Crippen molar-refractivity contribution in [3.8, 4) is 0 Å². The first kappa shape index (κ1) is 20.0. The van der Waals surface area contributed by atoms with Gasteiger partial charge in [0.05, 0.1) is 0 Å². The Bertz CT molecular complexity index is 700. The van der Waals surface area contributed by atoms with Crippen molar-refractivity contribution >= 4 is 11.9 Å². The summed E-state index contributed by atoms with van der Waals surface area (Å²) in [6.07, 6.45) is 11.6. The number of allylic oxidation sites excluding steroid dienone is 1. The van der Waals surface area contributed by atoms with Gasteiger partial charge in [0.1, 0.15) is 6.10 Å². The molecule has 4 aliphatic carbocycles. The number of carbonyl (C=O) groups is 2. The molecule has 0 heterocycles. The molecule has 28 heavy (non-hydrogen) atoms. The summed E-state index contributed by atoms with van der Waals surface area (Å²) in [5.41, 5.74) is 7.75. The summed E-state index contributed by atoms with van der Waals surface area (Å²) in [5.74, 6) is 2.30.